The molecule has 0 bridgehead atoms. The van der Waals surface area contributed by atoms with Crippen LogP contribution in [0.2, 0.25) is 0 Å². The van der Waals surface area contributed by atoms with Crippen molar-refractivity contribution in [3.8, 4) is 0 Å². The Kier molecular flexibility index (Phi) is 2.30. The van der Waals surface area contributed by atoms with Gasteiger partial charge in [0.1, 0.15) is 6.04 Å². The Balaban J connectivity index is 2.33. The number of likely N-dealkylation sites (tertiary alicyclic amines) is 1. The fourth-order valence-electron chi connectivity index (χ4n) is 3.28. The SMILES string of the molecule is CC(C)(C)[C@@]12CCCC(=O)[C@@H]1N(C(=O)O)C2. The van der Waals surface area contributed by atoms with Crippen LogP contribution < -0.4 is 0 Å². The van der Waals surface area contributed by atoms with E-state index in [-0.39, 0.29) is 16.6 Å². The largest absolute Gasteiger partial charge is 0.465 e. The number of hydrogen-bond donors (Lipinski definition) is 1. The molecule has 1 amide bonds. The summed E-state index contributed by atoms with van der Waals surface area (Å²) >= 11 is 0. The van der Waals surface area contributed by atoms with E-state index in [1.165, 1.54) is 4.90 Å². The van der Waals surface area contributed by atoms with Gasteiger partial charge in [0.15, 0.2) is 5.78 Å². The van der Waals surface area contributed by atoms with E-state index in [1.54, 1.807) is 0 Å². The van der Waals surface area contributed by atoms with Gasteiger partial charge >= 0.3 is 6.09 Å². The molecule has 0 aromatic carbocycles. The van der Waals surface area contributed by atoms with Crippen LogP contribution in [0.15, 0.2) is 0 Å². The summed E-state index contributed by atoms with van der Waals surface area (Å²) in [6.07, 6.45) is 1.45. The molecular formula is C12H19NO3. The summed E-state index contributed by atoms with van der Waals surface area (Å²) in [5.41, 5.74) is -0.138. The number of ketones is 1. The van der Waals surface area contributed by atoms with Crippen LogP contribution in [0.5, 0.6) is 0 Å². The van der Waals surface area contributed by atoms with Crippen LogP contribution in [-0.4, -0.2) is 34.5 Å². The van der Waals surface area contributed by atoms with Crippen LogP contribution in [0.3, 0.4) is 0 Å². The molecule has 1 aliphatic heterocycles. The molecule has 0 spiro atoms. The lowest BCUT2D eigenvalue weighted by Gasteiger charge is -2.63. The number of carbonyl (C=O) groups is 2. The van der Waals surface area contributed by atoms with Crippen LogP contribution in [0.1, 0.15) is 40.0 Å². The Labute approximate surface area is 95.6 Å². The predicted molar refractivity (Wildman–Crippen MR) is 59.3 cm³/mol. The molecule has 0 aromatic heterocycles. The minimum atomic E-state index is -0.958. The highest BCUT2D eigenvalue weighted by Gasteiger charge is 2.63. The van der Waals surface area contributed by atoms with Gasteiger partial charge in [-0.1, -0.05) is 20.8 Å². The number of Topliss-reactive ketones (excluding diaryl/α,β-unsaturated/α-hetero) is 1. The Morgan fingerprint density at radius 2 is 2.12 bits per heavy atom. The van der Waals surface area contributed by atoms with Gasteiger partial charge in [0.2, 0.25) is 0 Å². The van der Waals surface area contributed by atoms with Crippen LogP contribution in [-0.2, 0) is 4.79 Å². The molecule has 1 saturated carbocycles. The van der Waals surface area contributed by atoms with Crippen LogP contribution in [0, 0.1) is 10.8 Å². The second kappa shape index (κ2) is 3.22. The third-order valence-corrected chi connectivity index (χ3v) is 4.38. The van der Waals surface area contributed by atoms with E-state index in [4.69, 9.17) is 5.11 Å². The van der Waals surface area contributed by atoms with Gasteiger partial charge in [-0.15, -0.1) is 0 Å². The normalized spacial score (nSPS) is 34.3. The van der Waals surface area contributed by atoms with Crippen molar-refractivity contribution in [2.24, 2.45) is 10.8 Å². The number of nitrogens with zero attached hydrogens (tertiary/aromatic N) is 1. The van der Waals surface area contributed by atoms with Crippen LogP contribution in [0.25, 0.3) is 0 Å². The molecule has 2 fully saturated rings. The van der Waals surface area contributed by atoms with Crippen molar-refractivity contribution in [1.29, 1.82) is 0 Å². The molecule has 0 unspecified atom stereocenters. The molecule has 1 aliphatic carbocycles. The van der Waals surface area contributed by atoms with E-state index < -0.39 is 12.1 Å². The Bertz CT molecular complexity index is 345. The maximum atomic E-state index is 11.9. The first-order valence-corrected chi connectivity index (χ1v) is 5.82. The zero-order valence-electron chi connectivity index (χ0n) is 10.1. The van der Waals surface area contributed by atoms with Crippen molar-refractivity contribution in [3.05, 3.63) is 0 Å². The average Bonchev–Trinajstić information content (AvgIpc) is 2.04. The molecule has 4 nitrogen and oxygen atoms in total. The van der Waals surface area contributed by atoms with Gasteiger partial charge in [-0.05, 0) is 18.3 Å². The second-order valence-electron chi connectivity index (χ2n) is 6.04. The minimum absolute atomic E-state index is 0.0142. The molecule has 2 atom stereocenters. The topological polar surface area (TPSA) is 57.6 Å². The van der Waals surface area contributed by atoms with Gasteiger partial charge < -0.3 is 5.11 Å². The number of hydrogen-bond acceptors (Lipinski definition) is 2. The number of carboxylic acid groups (broad SMARTS) is 1. The Morgan fingerprint density at radius 1 is 1.50 bits per heavy atom. The van der Waals surface area contributed by atoms with Crippen molar-refractivity contribution < 1.29 is 14.7 Å². The third-order valence-electron chi connectivity index (χ3n) is 4.38. The summed E-state index contributed by atoms with van der Waals surface area (Å²) in [6.45, 7) is 6.84. The molecule has 0 radical (unpaired) electrons. The summed E-state index contributed by atoms with van der Waals surface area (Å²) < 4.78 is 0. The van der Waals surface area contributed by atoms with Gasteiger partial charge in [-0.25, -0.2) is 4.79 Å². The monoisotopic (exact) mass is 225 g/mol. The molecule has 0 aromatic rings. The van der Waals surface area contributed by atoms with Crippen molar-refractivity contribution in [3.63, 3.8) is 0 Å². The number of rotatable bonds is 0. The lowest BCUT2D eigenvalue weighted by molar-refractivity contribution is -0.168. The van der Waals surface area contributed by atoms with Crippen molar-refractivity contribution >= 4 is 11.9 Å². The first-order valence-electron chi connectivity index (χ1n) is 5.82. The summed E-state index contributed by atoms with van der Waals surface area (Å²) in [6, 6.07) is -0.390. The lowest BCUT2D eigenvalue weighted by Crippen LogP contribution is -2.74. The number of carbonyl (C=O) groups excluding carboxylic acids is 1. The fourth-order valence-corrected chi connectivity index (χ4v) is 3.28. The maximum absolute atomic E-state index is 11.9. The van der Waals surface area contributed by atoms with Crippen molar-refractivity contribution in [2.45, 2.75) is 46.1 Å². The smallest absolute Gasteiger partial charge is 0.407 e. The summed E-state index contributed by atoms with van der Waals surface area (Å²) in [5.74, 6) is 0.106. The Morgan fingerprint density at radius 3 is 2.62 bits per heavy atom. The highest BCUT2D eigenvalue weighted by molar-refractivity contribution is 5.90. The van der Waals surface area contributed by atoms with Gasteiger partial charge in [0.25, 0.3) is 0 Å². The first kappa shape index (κ1) is 11.4. The molecule has 90 valence electrons. The van der Waals surface area contributed by atoms with Crippen LogP contribution in [0.4, 0.5) is 4.79 Å². The van der Waals surface area contributed by atoms with E-state index in [0.717, 1.165) is 12.8 Å². The molecule has 1 saturated heterocycles. The van der Waals surface area contributed by atoms with Crippen LogP contribution >= 0.6 is 0 Å². The van der Waals surface area contributed by atoms with Crippen molar-refractivity contribution in [2.75, 3.05) is 6.54 Å². The van der Waals surface area contributed by atoms with E-state index >= 15 is 0 Å². The van der Waals surface area contributed by atoms with E-state index in [9.17, 15) is 9.59 Å². The minimum Gasteiger partial charge on any atom is -0.465 e. The molecule has 16 heavy (non-hydrogen) atoms. The zero-order valence-corrected chi connectivity index (χ0v) is 10.1. The molecule has 1 N–H and O–H groups in total. The lowest BCUT2D eigenvalue weighted by atomic mass is 9.51. The Hall–Kier alpha value is -1.06. The third kappa shape index (κ3) is 1.28. The van der Waals surface area contributed by atoms with Gasteiger partial charge in [0.05, 0.1) is 0 Å². The second-order valence-corrected chi connectivity index (χ2v) is 6.04. The molecule has 2 aliphatic rings. The zero-order chi connectivity index (χ0) is 12.1. The predicted octanol–water partition coefficient (Wildman–Crippen LogP) is 2.13. The molecular weight excluding hydrogens is 206 g/mol. The van der Waals surface area contributed by atoms with E-state index in [1.807, 2.05) is 0 Å². The first-order chi connectivity index (χ1) is 7.29. The highest BCUT2D eigenvalue weighted by atomic mass is 16.4. The maximum Gasteiger partial charge on any atom is 0.407 e. The molecule has 2 rings (SSSR count). The summed E-state index contributed by atoms with van der Waals surface area (Å²) in [4.78, 5) is 24.3. The number of fused-ring (bicyclic) bond motifs is 1. The highest BCUT2D eigenvalue weighted by Crippen LogP contribution is 2.56. The standard InChI is InChI=1S/C12H19NO3/c1-11(2,3)12-6-4-5-8(14)9(12)13(7-12)10(15)16/h9H,4-7H2,1-3H3,(H,15,16)/t9-,12+/m0/s1. The fraction of sp³-hybridized carbons (Fsp3) is 0.833. The quantitative estimate of drug-likeness (QED) is 0.687. The number of amides is 1. The molecule has 4 heteroatoms. The molecule has 1 heterocycles. The summed E-state index contributed by atoms with van der Waals surface area (Å²) in [5, 5.41) is 9.04. The summed E-state index contributed by atoms with van der Waals surface area (Å²) in [7, 11) is 0. The van der Waals surface area contributed by atoms with E-state index in [0.29, 0.717) is 13.0 Å². The van der Waals surface area contributed by atoms with Gasteiger partial charge in [-0.3, -0.25) is 9.69 Å². The van der Waals surface area contributed by atoms with Crippen molar-refractivity contribution in [1.82, 2.24) is 4.90 Å². The van der Waals surface area contributed by atoms with Gasteiger partial charge in [-0.2, -0.15) is 0 Å². The van der Waals surface area contributed by atoms with Gasteiger partial charge in [0, 0.05) is 18.4 Å². The van der Waals surface area contributed by atoms with E-state index in [2.05, 4.69) is 20.8 Å². The average molecular weight is 225 g/mol.